The first-order valence-corrected chi connectivity index (χ1v) is 8.03. The zero-order valence-corrected chi connectivity index (χ0v) is 14.5. The maximum Gasteiger partial charge on any atom is 0.389 e. The molecule has 12 heteroatoms. The average molecular weight is 380 g/mol. The topological polar surface area (TPSA) is 93.0 Å². The van der Waals surface area contributed by atoms with Gasteiger partial charge in [0.25, 0.3) is 0 Å². The SMILES string of the molecule is CCON1C(=O)C2=NC(CCC(F)(F)F)=NC2(OCC)N(OCC)C1=O. The van der Waals surface area contributed by atoms with Crippen molar-refractivity contribution in [1.29, 1.82) is 0 Å². The van der Waals surface area contributed by atoms with Crippen LogP contribution in [0.25, 0.3) is 0 Å². The van der Waals surface area contributed by atoms with Crippen LogP contribution in [0, 0.1) is 0 Å². The number of nitrogens with zero attached hydrogens (tertiary/aromatic N) is 4. The van der Waals surface area contributed by atoms with Crippen molar-refractivity contribution < 1.29 is 37.2 Å². The number of hydroxylamine groups is 4. The van der Waals surface area contributed by atoms with Crippen molar-refractivity contribution in [3.63, 3.8) is 0 Å². The highest BCUT2D eigenvalue weighted by molar-refractivity contribution is 6.47. The minimum atomic E-state index is -4.42. The molecule has 0 bridgehead atoms. The monoisotopic (exact) mass is 380 g/mol. The van der Waals surface area contributed by atoms with E-state index in [2.05, 4.69) is 9.98 Å². The van der Waals surface area contributed by atoms with Gasteiger partial charge in [-0.05, 0) is 20.8 Å². The Kier molecular flexibility index (Phi) is 5.98. The molecule has 1 unspecified atom stereocenters. The average Bonchev–Trinajstić information content (AvgIpc) is 2.93. The van der Waals surface area contributed by atoms with Crippen molar-refractivity contribution in [2.75, 3.05) is 19.8 Å². The second-order valence-corrected chi connectivity index (χ2v) is 5.16. The standard InChI is InChI=1S/C14H19F3N4O5/c1-4-24-14-10(18-9(19-14)7-8-13(15,16)17)11(22)20(25-5-2)12(23)21(14)26-6-3/h4-8H2,1-3H3. The molecule has 1 atom stereocenters. The Balaban J connectivity index is 2.46. The highest BCUT2D eigenvalue weighted by Crippen LogP contribution is 2.35. The Morgan fingerprint density at radius 2 is 1.73 bits per heavy atom. The van der Waals surface area contributed by atoms with E-state index >= 15 is 0 Å². The maximum atomic E-state index is 12.6. The van der Waals surface area contributed by atoms with Gasteiger partial charge in [0.2, 0.25) is 0 Å². The fraction of sp³-hybridized carbons (Fsp3) is 0.714. The van der Waals surface area contributed by atoms with Crippen molar-refractivity contribution in [3.8, 4) is 0 Å². The molecule has 0 aliphatic carbocycles. The highest BCUT2D eigenvalue weighted by atomic mass is 19.4. The molecule has 146 valence electrons. The summed E-state index contributed by atoms with van der Waals surface area (Å²) in [6.07, 6.45) is -6.18. The lowest BCUT2D eigenvalue weighted by Gasteiger charge is -2.42. The first-order chi connectivity index (χ1) is 12.2. The summed E-state index contributed by atoms with van der Waals surface area (Å²) in [5.74, 6) is -3.30. The third kappa shape index (κ3) is 3.71. The molecular formula is C14H19F3N4O5. The summed E-state index contributed by atoms with van der Waals surface area (Å²) in [6, 6.07) is -1.01. The van der Waals surface area contributed by atoms with Crippen LogP contribution in [-0.2, 0) is 19.2 Å². The van der Waals surface area contributed by atoms with Crippen molar-refractivity contribution in [3.05, 3.63) is 0 Å². The summed E-state index contributed by atoms with van der Waals surface area (Å²) in [6.45, 7) is 4.70. The van der Waals surface area contributed by atoms with Crippen LogP contribution in [0.2, 0.25) is 0 Å². The van der Waals surface area contributed by atoms with Gasteiger partial charge in [-0.25, -0.2) is 14.8 Å². The molecule has 0 spiro atoms. The molecule has 2 rings (SSSR count). The number of aliphatic imine (C=N–C) groups is 2. The van der Waals surface area contributed by atoms with Crippen LogP contribution in [0.4, 0.5) is 18.0 Å². The van der Waals surface area contributed by atoms with Gasteiger partial charge in [-0.2, -0.15) is 13.2 Å². The van der Waals surface area contributed by atoms with Gasteiger partial charge in [0.1, 0.15) is 5.84 Å². The normalized spacial score (nSPS) is 23.3. The minimum absolute atomic E-state index is 0.00581. The van der Waals surface area contributed by atoms with E-state index in [4.69, 9.17) is 14.4 Å². The van der Waals surface area contributed by atoms with Crippen molar-refractivity contribution >= 4 is 23.5 Å². The molecule has 0 aromatic heterocycles. The smallest absolute Gasteiger partial charge is 0.330 e. The van der Waals surface area contributed by atoms with E-state index in [-0.39, 0.29) is 25.7 Å². The Morgan fingerprint density at radius 1 is 1.08 bits per heavy atom. The van der Waals surface area contributed by atoms with E-state index < -0.39 is 42.5 Å². The molecule has 26 heavy (non-hydrogen) atoms. The highest BCUT2D eigenvalue weighted by Gasteiger charge is 2.61. The summed E-state index contributed by atoms with van der Waals surface area (Å²) in [5.41, 5.74) is -0.391. The third-order valence-corrected chi connectivity index (χ3v) is 3.33. The van der Waals surface area contributed by atoms with E-state index in [1.165, 1.54) is 0 Å². The van der Waals surface area contributed by atoms with E-state index in [0.29, 0.717) is 10.1 Å². The van der Waals surface area contributed by atoms with Gasteiger partial charge in [0.05, 0.1) is 19.6 Å². The number of amidine groups is 1. The van der Waals surface area contributed by atoms with Gasteiger partial charge in [-0.3, -0.25) is 14.5 Å². The van der Waals surface area contributed by atoms with Crippen LogP contribution in [0.15, 0.2) is 9.98 Å². The van der Waals surface area contributed by atoms with Crippen molar-refractivity contribution in [2.24, 2.45) is 9.98 Å². The number of alkyl halides is 3. The first-order valence-electron chi connectivity index (χ1n) is 8.03. The van der Waals surface area contributed by atoms with E-state index in [1.807, 2.05) is 0 Å². The lowest BCUT2D eigenvalue weighted by Crippen LogP contribution is -2.68. The van der Waals surface area contributed by atoms with E-state index in [0.717, 1.165) is 0 Å². The lowest BCUT2D eigenvalue weighted by molar-refractivity contribution is -0.264. The van der Waals surface area contributed by atoms with Gasteiger partial charge in [0, 0.05) is 13.0 Å². The van der Waals surface area contributed by atoms with Crippen LogP contribution in [-0.4, -0.2) is 65.5 Å². The first kappa shape index (κ1) is 20.3. The van der Waals surface area contributed by atoms with Crippen LogP contribution >= 0.6 is 0 Å². The van der Waals surface area contributed by atoms with Gasteiger partial charge < -0.3 is 4.74 Å². The summed E-state index contributed by atoms with van der Waals surface area (Å²) in [5, 5.41) is 1.08. The van der Waals surface area contributed by atoms with E-state index in [9.17, 15) is 22.8 Å². The Labute approximate surface area is 147 Å². The number of hydrogen-bond donors (Lipinski definition) is 0. The molecule has 2 heterocycles. The second kappa shape index (κ2) is 7.68. The zero-order valence-electron chi connectivity index (χ0n) is 14.5. The fourth-order valence-corrected chi connectivity index (χ4v) is 2.42. The van der Waals surface area contributed by atoms with E-state index in [1.54, 1.807) is 20.8 Å². The Morgan fingerprint density at radius 3 is 2.27 bits per heavy atom. The molecule has 0 aromatic rings. The molecule has 0 radical (unpaired) electrons. The largest absolute Gasteiger partial charge is 0.389 e. The third-order valence-electron chi connectivity index (χ3n) is 3.33. The number of rotatable bonds is 8. The van der Waals surface area contributed by atoms with Crippen LogP contribution < -0.4 is 0 Å². The number of ether oxygens (including phenoxy) is 1. The lowest BCUT2D eigenvalue weighted by atomic mass is 10.2. The van der Waals surface area contributed by atoms with Crippen LogP contribution in [0.5, 0.6) is 0 Å². The Bertz CT molecular complexity index is 637. The number of carbonyl (C=O) groups is 2. The van der Waals surface area contributed by atoms with Crippen molar-refractivity contribution in [1.82, 2.24) is 10.1 Å². The van der Waals surface area contributed by atoms with Gasteiger partial charge in [0.15, 0.2) is 5.71 Å². The van der Waals surface area contributed by atoms with Gasteiger partial charge in [-0.15, -0.1) is 10.1 Å². The maximum absolute atomic E-state index is 12.6. The number of amides is 3. The molecule has 0 aromatic carbocycles. The number of carbonyl (C=O) groups excluding carboxylic acids is 2. The quantitative estimate of drug-likeness (QED) is 0.642. The summed E-state index contributed by atoms with van der Waals surface area (Å²) in [7, 11) is 0. The molecule has 0 saturated carbocycles. The summed E-state index contributed by atoms with van der Waals surface area (Å²) in [4.78, 5) is 43.3. The van der Waals surface area contributed by atoms with Crippen LogP contribution in [0.3, 0.4) is 0 Å². The molecule has 0 N–H and O–H groups in total. The van der Waals surface area contributed by atoms with Crippen molar-refractivity contribution in [2.45, 2.75) is 45.6 Å². The summed E-state index contributed by atoms with van der Waals surface area (Å²) >= 11 is 0. The zero-order chi connectivity index (χ0) is 19.5. The molecule has 1 saturated heterocycles. The Hall–Kier alpha value is -2.05. The van der Waals surface area contributed by atoms with Crippen LogP contribution in [0.1, 0.15) is 33.6 Å². The van der Waals surface area contributed by atoms with Gasteiger partial charge >= 0.3 is 24.0 Å². The number of hydrogen-bond acceptors (Lipinski definition) is 7. The minimum Gasteiger partial charge on any atom is -0.330 e. The molecule has 1 fully saturated rings. The predicted molar refractivity (Wildman–Crippen MR) is 81.8 cm³/mol. The summed E-state index contributed by atoms with van der Waals surface area (Å²) < 4.78 is 43.0. The fourth-order valence-electron chi connectivity index (χ4n) is 2.42. The number of urea groups is 1. The molecule has 9 nitrogen and oxygen atoms in total. The second-order valence-electron chi connectivity index (χ2n) is 5.16. The number of fused-ring (bicyclic) bond motifs is 1. The number of halogens is 3. The van der Waals surface area contributed by atoms with Gasteiger partial charge in [-0.1, -0.05) is 0 Å². The predicted octanol–water partition coefficient (Wildman–Crippen LogP) is 2.04. The molecule has 3 amide bonds. The molecular weight excluding hydrogens is 361 g/mol. The molecule has 2 aliphatic heterocycles. The number of imide groups is 1. The molecule has 2 aliphatic rings.